The van der Waals surface area contributed by atoms with Gasteiger partial charge in [-0.25, -0.2) is 8.42 Å². The highest BCUT2D eigenvalue weighted by Crippen LogP contribution is 2.38. The van der Waals surface area contributed by atoms with E-state index in [0.29, 0.717) is 5.69 Å². The summed E-state index contributed by atoms with van der Waals surface area (Å²) in [4.78, 5) is 0. The Kier molecular flexibility index (Phi) is 5.00. The highest BCUT2D eigenvalue weighted by atomic mass is 35.5. The van der Waals surface area contributed by atoms with Crippen molar-refractivity contribution in [2.75, 3.05) is 11.0 Å². The van der Waals surface area contributed by atoms with Crippen LogP contribution in [0.2, 0.25) is 5.02 Å². The largest absolute Gasteiger partial charge is 0.284 e. The van der Waals surface area contributed by atoms with Gasteiger partial charge in [0.2, 0.25) is 10.0 Å². The van der Waals surface area contributed by atoms with Gasteiger partial charge in [0.05, 0.1) is 6.26 Å². The van der Waals surface area contributed by atoms with Crippen molar-refractivity contribution in [1.29, 1.82) is 0 Å². The smallest absolute Gasteiger partial charge is 0.229 e. The number of hydrogen-bond donors (Lipinski definition) is 1. The summed E-state index contributed by atoms with van der Waals surface area (Å²) in [6.45, 7) is 0. The van der Waals surface area contributed by atoms with Gasteiger partial charge in [-0.1, -0.05) is 60.1 Å². The molecule has 0 radical (unpaired) electrons. The molecule has 0 fully saturated rings. The van der Waals surface area contributed by atoms with Crippen LogP contribution in [-0.4, -0.2) is 14.7 Å². The average molecular weight is 410 g/mol. The van der Waals surface area contributed by atoms with E-state index in [9.17, 15) is 8.42 Å². The van der Waals surface area contributed by atoms with Crippen molar-refractivity contribution in [2.45, 2.75) is 12.8 Å². The maximum absolute atomic E-state index is 11.6. The normalized spacial score (nSPS) is 14.9. The van der Waals surface area contributed by atoms with Gasteiger partial charge < -0.3 is 0 Å². The van der Waals surface area contributed by atoms with Gasteiger partial charge in [-0.2, -0.15) is 0 Å². The topological polar surface area (TPSA) is 46.2 Å². The van der Waals surface area contributed by atoms with Crippen LogP contribution < -0.4 is 4.72 Å². The number of halogens is 1. The van der Waals surface area contributed by atoms with Crippen LogP contribution in [0.4, 0.5) is 5.69 Å². The molecule has 0 amide bonds. The van der Waals surface area contributed by atoms with Crippen molar-refractivity contribution in [2.24, 2.45) is 0 Å². The second-order valence-corrected chi connectivity index (χ2v) is 9.14. The zero-order valence-corrected chi connectivity index (χ0v) is 17.0. The first-order valence-electron chi connectivity index (χ1n) is 9.06. The summed E-state index contributed by atoms with van der Waals surface area (Å²) in [5.41, 5.74) is 7.23. The summed E-state index contributed by atoms with van der Waals surface area (Å²) in [7, 11) is -3.33. The molecule has 0 spiro atoms. The molecule has 0 bridgehead atoms. The molecule has 0 saturated carbocycles. The number of aryl methyl sites for hydroxylation is 2. The van der Waals surface area contributed by atoms with Crippen molar-refractivity contribution in [1.82, 2.24) is 0 Å². The van der Waals surface area contributed by atoms with E-state index in [2.05, 4.69) is 35.1 Å². The first kappa shape index (κ1) is 18.8. The fourth-order valence-electron chi connectivity index (χ4n) is 3.71. The number of fused-ring (bicyclic) bond motifs is 2. The van der Waals surface area contributed by atoms with Gasteiger partial charge in [0.15, 0.2) is 0 Å². The van der Waals surface area contributed by atoms with Crippen LogP contribution in [0.1, 0.15) is 27.8 Å². The van der Waals surface area contributed by atoms with E-state index in [1.165, 1.54) is 11.1 Å². The lowest BCUT2D eigenvalue weighted by atomic mass is 9.92. The fourth-order valence-corrected chi connectivity index (χ4v) is 4.56. The number of rotatable bonds is 3. The predicted molar refractivity (Wildman–Crippen MR) is 117 cm³/mol. The third-order valence-corrected chi connectivity index (χ3v) is 5.76. The molecular weight excluding hydrogens is 390 g/mol. The fraction of sp³-hybridized carbons (Fsp3) is 0.130. The molecule has 0 saturated heterocycles. The zero-order valence-electron chi connectivity index (χ0n) is 15.4. The van der Waals surface area contributed by atoms with Crippen LogP contribution in [0.15, 0.2) is 66.7 Å². The Balaban J connectivity index is 1.91. The number of hydrogen-bond acceptors (Lipinski definition) is 2. The molecule has 0 atom stereocenters. The predicted octanol–water partition coefficient (Wildman–Crippen LogP) is 5.40. The molecule has 1 N–H and O–H groups in total. The standard InChI is InChI=1S/C23H20ClNO2S/c1-28(26,27)25-19-9-4-6-16(14-19)15-21-20-10-3-2-7-17(20)12-13-18-8-5-11-22(24)23(18)21/h2-11,14-15,25H,12-13H2,1H3. The molecule has 5 heteroatoms. The summed E-state index contributed by atoms with van der Waals surface area (Å²) in [5.74, 6) is 0. The Morgan fingerprint density at radius 2 is 1.64 bits per heavy atom. The maximum atomic E-state index is 11.6. The van der Waals surface area contributed by atoms with Gasteiger partial charge >= 0.3 is 0 Å². The van der Waals surface area contributed by atoms with Gasteiger partial charge in [0.25, 0.3) is 0 Å². The lowest BCUT2D eigenvalue weighted by molar-refractivity contribution is 0.607. The minimum absolute atomic E-state index is 0.540. The Labute approximate surface area is 170 Å². The van der Waals surface area contributed by atoms with Gasteiger partial charge in [0.1, 0.15) is 0 Å². The second-order valence-electron chi connectivity index (χ2n) is 6.99. The third kappa shape index (κ3) is 3.98. The van der Waals surface area contributed by atoms with Crippen LogP contribution in [0.3, 0.4) is 0 Å². The van der Waals surface area contributed by atoms with Crippen LogP contribution in [0, 0.1) is 0 Å². The SMILES string of the molecule is CS(=O)(=O)Nc1cccc(C=C2c3ccccc3CCc3cccc(Cl)c32)c1. The zero-order chi connectivity index (χ0) is 19.7. The second kappa shape index (κ2) is 7.46. The minimum atomic E-state index is -3.33. The van der Waals surface area contributed by atoms with Crippen molar-refractivity contribution in [3.63, 3.8) is 0 Å². The van der Waals surface area contributed by atoms with Gasteiger partial charge in [0, 0.05) is 16.3 Å². The van der Waals surface area contributed by atoms with E-state index in [1.54, 1.807) is 6.07 Å². The lowest BCUT2D eigenvalue weighted by Crippen LogP contribution is -2.09. The molecule has 3 aromatic carbocycles. The Morgan fingerprint density at radius 1 is 0.929 bits per heavy atom. The average Bonchev–Trinajstić information content (AvgIpc) is 2.79. The number of nitrogens with one attached hydrogen (secondary N) is 1. The molecule has 142 valence electrons. The van der Waals surface area contributed by atoms with Crippen LogP contribution >= 0.6 is 11.6 Å². The summed E-state index contributed by atoms with van der Waals surface area (Å²) >= 11 is 6.63. The van der Waals surface area contributed by atoms with Gasteiger partial charge in [-0.3, -0.25) is 4.72 Å². The van der Waals surface area contributed by atoms with Crippen molar-refractivity contribution in [3.05, 3.63) is 99.6 Å². The summed E-state index contributed by atoms with van der Waals surface area (Å²) in [6.07, 6.45) is 5.12. The Hall–Kier alpha value is -2.56. The number of anilines is 1. The van der Waals surface area contributed by atoms with Crippen LogP contribution in [0.25, 0.3) is 11.6 Å². The lowest BCUT2D eigenvalue weighted by Gasteiger charge is -2.14. The molecular formula is C23H20ClNO2S. The van der Waals surface area contributed by atoms with E-state index < -0.39 is 10.0 Å². The molecule has 1 aliphatic carbocycles. The monoisotopic (exact) mass is 409 g/mol. The van der Waals surface area contributed by atoms with E-state index in [-0.39, 0.29) is 0 Å². The van der Waals surface area contributed by atoms with Crippen LogP contribution in [0.5, 0.6) is 0 Å². The number of benzene rings is 3. The van der Waals surface area contributed by atoms with Crippen LogP contribution in [-0.2, 0) is 22.9 Å². The maximum Gasteiger partial charge on any atom is 0.229 e. The van der Waals surface area contributed by atoms with E-state index in [0.717, 1.165) is 46.4 Å². The van der Waals surface area contributed by atoms with E-state index in [4.69, 9.17) is 11.6 Å². The molecule has 28 heavy (non-hydrogen) atoms. The van der Waals surface area contributed by atoms with Crippen molar-refractivity contribution >= 4 is 39.0 Å². The highest BCUT2D eigenvalue weighted by Gasteiger charge is 2.20. The highest BCUT2D eigenvalue weighted by molar-refractivity contribution is 7.92. The summed E-state index contributed by atoms with van der Waals surface area (Å²) < 4.78 is 25.7. The number of sulfonamides is 1. The summed E-state index contributed by atoms with van der Waals surface area (Å²) in [5, 5.41) is 0.728. The molecule has 0 aromatic heterocycles. The molecule has 0 aliphatic heterocycles. The quantitative estimate of drug-likeness (QED) is 0.629. The third-order valence-electron chi connectivity index (χ3n) is 4.84. The van der Waals surface area contributed by atoms with Gasteiger partial charge in [-0.15, -0.1) is 0 Å². The molecule has 3 aromatic rings. The first-order chi connectivity index (χ1) is 13.4. The molecule has 3 nitrogen and oxygen atoms in total. The first-order valence-corrected chi connectivity index (χ1v) is 11.3. The van der Waals surface area contributed by atoms with Crippen molar-refractivity contribution < 1.29 is 8.42 Å². The molecule has 0 heterocycles. The Morgan fingerprint density at radius 3 is 2.46 bits per heavy atom. The molecule has 1 aliphatic rings. The molecule has 4 rings (SSSR count). The minimum Gasteiger partial charge on any atom is -0.284 e. The Bertz CT molecular complexity index is 1180. The van der Waals surface area contributed by atoms with Crippen molar-refractivity contribution in [3.8, 4) is 0 Å². The summed E-state index contributed by atoms with van der Waals surface area (Å²) in [6, 6.07) is 21.8. The molecule has 0 unspecified atom stereocenters. The van der Waals surface area contributed by atoms with E-state index in [1.807, 2.05) is 36.4 Å². The van der Waals surface area contributed by atoms with E-state index >= 15 is 0 Å². The van der Waals surface area contributed by atoms with Gasteiger partial charge in [-0.05, 0) is 64.9 Å².